The van der Waals surface area contributed by atoms with E-state index in [4.69, 9.17) is 9.47 Å². The van der Waals surface area contributed by atoms with E-state index < -0.39 is 22.8 Å². The zero-order valence-electron chi connectivity index (χ0n) is 11.9. The van der Waals surface area contributed by atoms with E-state index in [9.17, 15) is 19.7 Å². The van der Waals surface area contributed by atoms with E-state index in [1.54, 1.807) is 13.8 Å². The molecule has 0 radical (unpaired) electrons. The van der Waals surface area contributed by atoms with Crippen LogP contribution in [0.5, 0.6) is 0 Å². The lowest BCUT2D eigenvalue weighted by atomic mass is 9.95. The quantitative estimate of drug-likeness (QED) is 0.434. The molecule has 1 aromatic carbocycles. The van der Waals surface area contributed by atoms with Crippen LogP contribution in [0.15, 0.2) is 24.3 Å². The minimum absolute atomic E-state index is 0.0857. The Balaban J connectivity index is 2.96. The molecule has 0 heterocycles. The maximum Gasteiger partial charge on any atom is 0.313 e. The highest BCUT2D eigenvalue weighted by molar-refractivity contribution is 5.84. The maximum atomic E-state index is 11.9. The predicted molar refractivity (Wildman–Crippen MR) is 73.7 cm³/mol. The number of hydrogen-bond acceptors (Lipinski definition) is 6. The molecule has 1 atom stereocenters. The molecule has 21 heavy (non-hydrogen) atoms. The van der Waals surface area contributed by atoms with Crippen molar-refractivity contribution in [3.63, 3.8) is 0 Å². The van der Waals surface area contributed by atoms with E-state index in [0.717, 1.165) is 0 Å². The zero-order valence-corrected chi connectivity index (χ0v) is 11.9. The summed E-state index contributed by atoms with van der Waals surface area (Å²) in [6.45, 7) is 3.73. The first-order chi connectivity index (χ1) is 9.99. The molecule has 114 valence electrons. The van der Waals surface area contributed by atoms with Gasteiger partial charge in [0.2, 0.25) is 0 Å². The van der Waals surface area contributed by atoms with Gasteiger partial charge in [-0.05, 0) is 19.4 Å². The first-order valence-electron chi connectivity index (χ1n) is 6.56. The van der Waals surface area contributed by atoms with Gasteiger partial charge in [0.15, 0.2) is 0 Å². The number of carbonyl (C=O) groups is 2. The Morgan fingerprint density at radius 1 is 1.14 bits per heavy atom. The molecule has 0 aromatic heterocycles. The summed E-state index contributed by atoms with van der Waals surface area (Å²) < 4.78 is 9.76. The zero-order chi connectivity index (χ0) is 15.8. The topological polar surface area (TPSA) is 95.7 Å². The molecule has 0 aliphatic heterocycles. The van der Waals surface area contributed by atoms with Gasteiger partial charge in [-0.3, -0.25) is 19.7 Å². The Bertz CT molecular complexity index is 511. The van der Waals surface area contributed by atoms with Crippen molar-refractivity contribution in [2.75, 3.05) is 13.2 Å². The molecule has 0 amide bonds. The molecule has 0 spiro atoms. The summed E-state index contributed by atoms with van der Waals surface area (Å²) in [5, 5.41) is 10.6. The number of nitrogens with zero attached hydrogens (tertiary/aromatic N) is 1. The Labute approximate surface area is 122 Å². The Kier molecular flexibility index (Phi) is 6.32. The predicted octanol–water partition coefficient (Wildman–Crippen LogP) is 2.19. The van der Waals surface area contributed by atoms with Gasteiger partial charge >= 0.3 is 11.9 Å². The summed E-state index contributed by atoms with van der Waals surface area (Å²) in [6.07, 6.45) is -0.162. The minimum Gasteiger partial charge on any atom is -0.466 e. The summed E-state index contributed by atoms with van der Waals surface area (Å²) >= 11 is 0. The largest absolute Gasteiger partial charge is 0.466 e. The highest BCUT2D eigenvalue weighted by atomic mass is 16.6. The highest BCUT2D eigenvalue weighted by Gasteiger charge is 2.26. The van der Waals surface area contributed by atoms with E-state index in [0.29, 0.717) is 5.56 Å². The molecule has 0 fully saturated rings. The minimum atomic E-state index is -0.829. The van der Waals surface area contributed by atoms with Crippen LogP contribution in [0.2, 0.25) is 0 Å². The van der Waals surface area contributed by atoms with Crippen LogP contribution in [0.3, 0.4) is 0 Å². The third-order valence-electron chi connectivity index (χ3n) is 2.75. The second-order valence-corrected chi connectivity index (χ2v) is 4.16. The molecule has 1 aromatic rings. The van der Waals surface area contributed by atoms with Crippen molar-refractivity contribution < 1.29 is 24.0 Å². The average molecular weight is 295 g/mol. The first-order valence-corrected chi connectivity index (χ1v) is 6.56. The van der Waals surface area contributed by atoms with Gasteiger partial charge in [-0.25, -0.2) is 0 Å². The van der Waals surface area contributed by atoms with E-state index in [1.807, 2.05) is 0 Å². The Morgan fingerprint density at radius 2 is 1.71 bits per heavy atom. The molecule has 0 N–H and O–H groups in total. The van der Waals surface area contributed by atoms with Gasteiger partial charge < -0.3 is 9.47 Å². The molecular formula is C14H17NO6. The molecule has 7 nitrogen and oxygen atoms in total. The van der Waals surface area contributed by atoms with Gasteiger partial charge in [-0.1, -0.05) is 12.1 Å². The fraction of sp³-hybridized carbons (Fsp3) is 0.429. The molecule has 1 rings (SSSR count). The molecule has 1 unspecified atom stereocenters. The number of hydrogen-bond donors (Lipinski definition) is 0. The van der Waals surface area contributed by atoms with Gasteiger partial charge in [0.05, 0.1) is 30.5 Å². The van der Waals surface area contributed by atoms with Crippen LogP contribution in [-0.4, -0.2) is 30.1 Å². The summed E-state index contributed by atoms with van der Waals surface area (Å²) in [4.78, 5) is 33.6. The van der Waals surface area contributed by atoms with E-state index >= 15 is 0 Å². The van der Waals surface area contributed by atoms with Gasteiger partial charge in [0.1, 0.15) is 0 Å². The number of benzene rings is 1. The number of nitro groups is 1. The van der Waals surface area contributed by atoms with Crippen LogP contribution >= 0.6 is 0 Å². The number of nitro benzene ring substituents is 1. The lowest BCUT2D eigenvalue weighted by Gasteiger charge is -2.15. The number of non-ortho nitro benzene ring substituents is 1. The number of rotatable bonds is 7. The number of carbonyl (C=O) groups excluding carboxylic acids is 2. The van der Waals surface area contributed by atoms with Gasteiger partial charge in [0.25, 0.3) is 5.69 Å². The first kappa shape index (κ1) is 16.6. The monoisotopic (exact) mass is 295 g/mol. The SMILES string of the molecule is CCOC(=O)CC(C(=O)OCC)c1ccc([N+](=O)[O-])cc1. The van der Waals surface area contributed by atoms with Crippen LogP contribution in [0.4, 0.5) is 5.69 Å². The van der Waals surface area contributed by atoms with Crippen LogP contribution in [0.25, 0.3) is 0 Å². The third-order valence-corrected chi connectivity index (χ3v) is 2.75. The standard InChI is InChI=1S/C14H17NO6/c1-3-20-13(16)9-12(14(17)21-4-2)10-5-7-11(8-6-10)15(18)19/h5-8,12H,3-4,9H2,1-2H3. The smallest absolute Gasteiger partial charge is 0.313 e. The molecular weight excluding hydrogens is 278 g/mol. The van der Waals surface area contributed by atoms with Crippen LogP contribution in [0.1, 0.15) is 31.7 Å². The third kappa shape index (κ3) is 4.87. The normalized spacial score (nSPS) is 11.5. The summed E-state index contributed by atoms with van der Waals surface area (Å²) in [5.74, 6) is -1.90. The van der Waals surface area contributed by atoms with Crippen LogP contribution < -0.4 is 0 Å². The van der Waals surface area contributed by atoms with E-state index in [2.05, 4.69) is 0 Å². The summed E-state index contributed by atoms with van der Waals surface area (Å²) in [5.41, 5.74) is 0.393. The average Bonchev–Trinajstić information content (AvgIpc) is 2.45. The van der Waals surface area contributed by atoms with Crippen molar-refractivity contribution >= 4 is 17.6 Å². The van der Waals surface area contributed by atoms with Gasteiger partial charge in [-0.2, -0.15) is 0 Å². The van der Waals surface area contributed by atoms with Gasteiger partial charge in [0, 0.05) is 12.1 Å². The molecule has 0 aliphatic carbocycles. The highest BCUT2D eigenvalue weighted by Crippen LogP contribution is 2.24. The van der Waals surface area contributed by atoms with Crippen molar-refractivity contribution in [1.82, 2.24) is 0 Å². The lowest BCUT2D eigenvalue weighted by Crippen LogP contribution is -2.20. The van der Waals surface area contributed by atoms with Crippen molar-refractivity contribution in [3.8, 4) is 0 Å². The second-order valence-electron chi connectivity index (χ2n) is 4.16. The fourth-order valence-corrected chi connectivity index (χ4v) is 1.80. The fourth-order valence-electron chi connectivity index (χ4n) is 1.80. The summed E-state index contributed by atoms with van der Waals surface area (Å²) in [6, 6.07) is 5.46. The maximum absolute atomic E-state index is 11.9. The molecule has 0 bridgehead atoms. The molecule has 7 heteroatoms. The van der Waals surface area contributed by atoms with Crippen molar-refractivity contribution in [2.45, 2.75) is 26.2 Å². The van der Waals surface area contributed by atoms with Crippen molar-refractivity contribution in [3.05, 3.63) is 39.9 Å². The van der Waals surface area contributed by atoms with E-state index in [1.165, 1.54) is 24.3 Å². The second kappa shape index (κ2) is 7.98. The van der Waals surface area contributed by atoms with E-state index in [-0.39, 0.29) is 25.3 Å². The molecule has 0 saturated carbocycles. The summed E-state index contributed by atoms with van der Waals surface area (Å²) in [7, 11) is 0. The van der Waals surface area contributed by atoms with Crippen molar-refractivity contribution in [2.24, 2.45) is 0 Å². The molecule has 0 saturated heterocycles. The van der Waals surface area contributed by atoms with Gasteiger partial charge in [-0.15, -0.1) is 0 Å². The van der Waals surface area contributed by atoms with Crippen LogP contribution in [0, 0.1) is 10.1 Å². The van der Waals surface area contributed by atoms with Crippen molar-refractivity contribution in [1.29, 1.82) is 0 Å². The van der Waals surface area contributed by atoms with Crippen LogP contribution in [-0.2, 0) is 19.1 Å². The Morgan fingerprint density at radius 3 is 2.19 bits per heavy atom. The molecule has 0 aliphatic rings. The number of esters is 2. The Hall–Kier alpha value is -2.44. The number of ether oxygens (including phenoxy) is 2. The lowest BCUT2D eigenvalue weighted by molar-refractivity contribution is -0.384.